The van der Waals surface area contributed by atoms with Gasteiger partial charge < -0.3 is 4.74 Å². The van der Waals surface area contributed by atoms with E-state index in [0.717, 1.165) is 6.29 Å². The third-order valence-electron chi connectivity index (χ3n) is 1.90. The molecule has 0 N–H and O–H groups in total. The van der Waals surface area contributed by atoms with Crippen molar-refractivity contribution < 1.29 is 14.3 Å². The Balaban J connectivity index is 2.60. The van der Waals surface area contributed by atoms with E-state index < -0.39 is 0 Å². The Morgan fingerprint density at radius 1 is 1.56 bits per heavy atom. The van der Waals surface area contributed by atoms with Gasteiger partial charge in [-0.3, -0.25) is 9.78 Å². The average molecular weight is 219 g/mol. The monoisotopic (exact) mass is 219 g/mol. The fourth-order valence-electron chi connectivity index (χ4n) is 1.19. The molecule has 4 heteroatoms. The Morgan fingerprint density at radius 3 is 3.06 bits per heavy atom. The van der Waals surface area contributed by atoms with E-state index in [1.54, 1.807) is 31.3 Å². The molecule has 1 aromatic heterocycles. The van der Waals surface area contributed by atoms with Gasteiger partial charge in [0.2, 0.25) is 0 Å². The quantitative estimate of drug-likeness (QED) is 0.428. The van der Waals surface area contributed by atoms with Crippen LogP contribution >= 0.6 is 0 Å². The molecule has 4 nitrogen and oxygen atoms in total. The van der Waals surface area contributed by atoms with Gasteiger partial charge >= 0.3 is 5.97 Å². The van der Waals surface area contributed by atoms with Gasteiger partial charge in [-0.05, 0) is 19.1 Å². The molecular weight excluding hydrogens is 206 g/mol. The molecule has 0 spiro atoms. The molecule has 84 valence electrons. The van der Waals surface area contributed by atoms with Gasteiger partial charge in [0, 0.05) is 24.3 Å². The molecule has 1 rings (SSSR count). The van der Waals surface area contributed by atoms with Gasteiger partial charge in [0.05, 0.1) is 12.3 Å². The van der Waals surface area contributed by atoms with Crippen LogP contribution in [0.5, 0.6) is 0 Å². The van der Waals surface area contributed by atoms with Gasteiger partial charge in [0.25, 0.3) is 0 Å². The predicted octanol–water partition coefficient (Wildman–Crippen LogP) is 1.56. The van der Waals surface area contributed by atoms with Gasteiger partial charge in [-0.1, -0.05) is 6.08 Å². The normalized spacial score (nSPS) is 10.3. The fraction of sp³-hybridized carbons (Fsp3) is 0.250. The molecule has 0 aromatic carbocycles. The van der Waals surface area contributed by atoms with Crippen molar-refractivity contribution in [1.82, 2.24) is 4.98 Å². The molecule has 0 atom stereocenters. The summed E-state index contributed by atoms with van der Waals surface area (Å²) in [6.07, 6.45) is 5.77. The van der Waals surface area contributed by atoms with Crippen LogP contribution in [0.4, 0.5) is 0 Å². The lowest BCUT2D eigenvalue weighted by molar-refractivity contribution is -0.137. The highest BCUT2D eigenvalue weighted by Crippen LogP contribution is 2.03. The van der Waals surface area contributed by atoms with E-state index >= 15 is 0 Å². The van der Waals surface area contributed by atoms with Gasteiger partial charge in [0.15, 0.2) is 6.29 Å². The van der Waals surface area contributed by atoms with Crippen molar-refractivity contribution in [2.75, 3.05) is 6.61 Å². The van der Waals surface area contributed by atoms with E-state index in [1.165, 1.54) is 6.08 Å². The van der Waals surface area contributed by atoms with Crippen molar-refractivity contribution in [1.29, 1.82) is 0 Å². The van der Waals surface area contributed by atoms with Crippen molar-refractivity contribution in [3.63, 3.8) is 0 Å². The zero-order chi connectivity index (χ0) is 11.8. The third-order valence-corrected chi connectivity index (χ3v) is 1.90. The number of allylic oxidation sites excluding steroid dienone is 1. The van der Waals surface area contributed by atoms with E-state index in [9.17, 15) is 9.59 Å². The fourth-order valence-corrected chi connectivity index (χ4v) is 1.19. The molecule has 0 unspecified atom stereocenters. The van der Waals surface area contributed by atoms with E-state index in [1.807, 2.05) is 0 Å². The number of aromatic nitrogens is 1. The Hall–Kier alpha value is -1.97. The molecule has 0 saturated carbocycles. The van der Waals surface area contributed by atoms with Crippen LogP contribution in [0.15, 0.2) is 30.5 Å². The van der Waals surface area contributed by atoms with Crippen molar-refractivity contribution in [2.45, 2.75) is 13.3 Å². The number of nitrogens with zero attached hydrogens (tertiary/aromatic N) is 1. The maximum absolute atomic E-state index is 11.0. The molecule has 0 aliphatic carbocycles. The minimum atomic E-state index is -0.383. The Bertz CT molecular complexity index is 399. The second-order valence-electron chi connectivity index (χ2n) is 3.02. The smallest absolute Gasteiger partial charge is 0.330 e. The van der Waals surface area contributed by atoms with Crippen LogP contribution in [0.25, 0.3) is 0 Å². The van der Waals surface area contributed by atoms with Crippen LogP contribution in [0, 0.1) is 0 Å². The first-order valence-electron chi connectivity index (χ1n) is 5.00. The van der Waals surface area contributed by atoms with Crippen LogP contribution in [0.2, 0.25) is 0 Å². The van der Waals surface area contributed by atoms with E-state index in [2.05, 4.69) is 4.98 Å². The number of hydrogen-bond acceptors (Lipinski definition) is 4. The number of esters is 1. The lowest BCUT2D eigenvalue weighted by Gasteiger charge is -1.98. The zero-order valence-electron chi connectivity index (χ0n) is 9.05. The van der Waals surface area contributed by atoms with E-state index in [0.29, 0.717) is 24.3 Å². The van der Waals surface area contributed by atoms with E-state index in [4.69, 9.17) is 4.74 Å². The van der Waals surface area contributed by atoms with Crippen LogP contribution < -0.4 is 0 Å². The van der Waals surface area contributed by atoms with Gasteiger partial charge in [-0.25, -0.2) is 4.79 Å². The van der Waals surface area contributed by atoms with Crippen molar-refractivity contribution >= 4 is 12.3 Å². The standard InChI is InChI=1S/C12H13NO3/c1-2-16-12(15)7-3-6-11-10(9-14)5-4-8-13-11/h3-5,7-9H,2,6H2,1H3/b7-3+. The summed E-state index contributed by atoms with van der Waals surface area (Å²) in [5.74, 6) is -0.383. The molecule has 1 heterocycles. The summed E-state index contributed by atoms with van der Waals surface area (Å²) < 4.78 is 4.72. The minimum absolute atomic E-state index is 0.354. The number of pyridine rings is 1. The molecule has 0 aliphatic rings. The van der Waals surface area contributed by atoms with Crippen LogP contribution in [-0.2, 0) is 16.0 Å². The highest BCUT2D eigenvalue weighted by Gasteiger charge is 2.00. The largest absolute Gasteiger partial charge is 0.463 e. The van der Waals surface area contributed by atoms with Gasteiger partial charge in [-0.2, -0.15) is 0 Å². The first-order valence-corrected chi connectivity index (χ1v) is 5.00. The molecular formula is C12H13NO3. The van der Waals surface area contributed by atoms with Gasteiger partial charge in [-0.15, -0.1) is 0 Å². The van der Waals surface area contributed by atoms with Crippen molar-refractivity contribution in [3.05, 3.63) is 41.7 Å². The maximum atomic E-state index is 11.0. The van der Waals surface area contributed by atoms with Crippen LogP contribution in [-0.4, -0.2) is 23.8 Å². The first kappa shape index (κ1) is 12.1. The average Bonchev–Trinajstić information content (AvgIpc) is 2.30. The summed E-state index contributed by atoms with van der Waals surface area (Å²) in [7, 11) is 0. The summed E-state index contributed by atoms with van der Waals surface area (Å²) in [5, 5.41) is 0. The number of ether oxygens (including phenoxy) is 1. The number of aldehydes is 1. The third kappa shape index (κ3) is 3.65. The number of hydrogen-bond donors (Lipinski definition) is 0. The second kappa shape index (κ2) is 6.50. The molecule has 16 heavy (non-hydrogen) atoms. The lowest BCUT2D eigenvalue weighted by Crippen LogP contribution is -2.00. The molecule has 1 aromatic rings. The number of carbonyl (C=O) groups excluding carboxylic acids is 2. The number of carbonyl (C=O) groups is 2. The van der Waals surface area contributed by atoms with Crippen LogP contribution in [0.3, 0.4) is 0 Å². The number of rotatable bonds is 5. The molecule has 0 saturated heterocycles. The van der Waals surface area contributed by atoms with Gasteiger partial charge in [0.1, 0.15) is 0 Å². The van der Waals surface area contributed by atoms with Crippen molar-refractivity contribution in [2.24, 2.45) is 0 Å². The second-order valence-corrected chi connectivity index (χ2v) is 3.02. The highest BCUT2D eigenvalue weighted by molar-refractivity contribution is 5.82. The molecule has 0 fully saturated rings. The van der Waals surface area contributed by atoms with E-state index in [-0.39, 0.29) is 5.97 Å². The van der Waals surface area contributed by atoms with Crippen LogP contribution in [0.1, 0.15) is 23.0 Å². The summed E-state index contributed by atoms with van der Waals surface area (Å²) in [6.45, 7) is 2.10. The molecule has 0 radical (unpaired) electrons. The maximum Gasteiger partial charge on any atom is 0.330 e. The molecule has 0 amide bonds. The molecule has 0 aliphatic heterocycles. The Morgan fingerprint density at radius 2 is 2.38 bits per heavy atom. The molecule has 0 bridgehead atoms. The topological polar surface area (TPSA) is 56.3 Å². The lowest BCUT2D eigenvalue weighted by atomic mass is 10.1. The summed E-state index contributed by atoms with van der Waals surface area (Å²) in [6, 6.07) is 3.38. The van der Waals surface area contributed by atoms with Crippen molar-refractivity contribution in [3.8, 4) is 0 Å². The Kier molecular flexibility index (Phi) is 4.92. The SMILES string of the molecule is CCOC(=O)/C=C/Cc1ncccc1C=O. The summed E-state index contributed by atoms with van der Waals surface area (Å²) in [4.78, 5) is 25.7. The Labute approximate surface area is 94.0 Å². The zero-order valence-corrected chi connectivity index (χ0v) is 9.05. The predicted molar refractivity (Wildman–Crippen MR) is 59.1 cm³/mol. The summed E-state index contributed by atoms with van der Waals surface area (Å²) >= 11 is 0. The summed E-state index contributed by atoms with van der Waals surface area (Å²) in [5.41, 5.74) is 1.19. The minimum Gasteiger partial charge on any atom is -0.463 e. The highest BCUT2D eigenvalue weighted by atomic mass is 16.5. The first-order chi connectivity index (χ1) is 7.77.